The molecule has 1 aliphatic heterocycles. The van der Waals surface area contributed by atoms with Crippen LogP contribution >= 0.6 is 11.6 Å². The molecule has 1 heterocycles. The van der Waals surface area contributed by atoms with Gasteiger partial charge in [-0.15, -0.1) is 0 Å². The van der Waals surface area contributed by atoms with Crippen LogP contribution in [0.5, 0.6) is 11.5 Å². The minimum atomic E-state index is -0.482. The van der Waals surface area contributed by atoms with Gasteiger partial charge in [-0.2, -0.15) is 0 Å². The van der Waals surface area contributed by atoms with Crippen molar-refractivity contribution in [2.75, 3.05) is 19.0 Å². The minimum Gasteiger partial charge on any atom is -0.493 e. The normalized spacial score (nSPS) is 19.9. The number of carbonyl (C=O) groups is 3. The molecule has 0 spiro atoms. The van der Waals surface area contributed by atoms with Gasteiger partial charge in [0.2, 0.25) is 0 Å². The van der Waals surface area contributed by atoms with Gasteiger partial charge in [0, 0.05) is 41.3 Å². The van der Waals surface area contributed by atoms with E-state index >= 15 is 0 Å². The van der Waals surface area contributed by atoms with Gasteiger partial charge in [-0.25, -0.2) is 0 Å². The van der Waals surface area contributed by atoms with Gasteiger partial charge in [-0.05, 0) is 53.5 Å². The number of benzene rings is 2. The molecule has 2 aromatic rings. The van der Waals surface area contributed by atoms with Crippen LogP contribution in [0.1, 0.15) is 64.9 Å². The number of ketones is 2. The number of allylic oxidation sites excluding steroid dienone is 4. The van der Waals surface area contributed by atoms with Crippen LogP contribution in [0.2, 0.25) is 5.02 Å². The quantitative estimate of drug-likeness (QED) is 0.427. The first kappa shape index (κ1) is 28.0. The molecule has 0 saturated heterocycles. The van der Waals surface area contributed by atoms with Gasteiger partial charge in [-0.1, -0.05) is 57.5 Å². The van der Waals surface area contributed by atoms with Gasteiger partial charge in [0.1, 0.15) is 0 Å². The highest BCUT2D eigenvalue weighted by Crippen LogP contribution is 2.51. The molecule has 3 aliphatic rings. The Labute approximate surface area is 240 Å². The topological polar surface area (TPSA) is 93.7 Å². The van der Waals surface area contributed by atoms with Gasteiger partial charge < -0.3 is 20.1 Å². The fourth-order valence-electron chi connectivity index (χ4n) is 6.10. The summed E-state index contributed by atoms with van der Waals surface area (Å²) in [4.78, 5) is 39.6. The van der Waals surface area contributed by atoms with Crippen molar-refractivity contribution < 1.29 is 23.9 Å². The molecule has 7 nitrogen and oxygen atoms in total. The van der Waals surface area contributed by atoms with E-state index in [2.05, 4.69) is 38.3 Å². The molecule has 0 atom stereocenters. The van der Waals surface area contributed by atoms with E-state index in [-0.39, 0.29) is 34.9 Å². The lowest BCUT2D eigenvalue weighted by Crippen LogP contribution is -2.42. The lowest BCUT2D eigenvalue weighted by molar-refractivity contribution is -0.119. The zero-order valence-corrected chi connectivity index (χ0v) is 24.3. The molecular formula is C32H35ClN2O5. The molecule has 1 amide bonds. The van der Waals surface area contributed by atoms with Crippen molar-refractivity contribution in [3.8, 4) is 11.5 Å². The fraction of sp³-hybridized carbons (Fsp3) is 0.406. The van der Waals surface area contributed by atoms with Crippen LogP contribution in [0.4, 0.5) is 5.69 Å². The summed E-state index contributed by atoms with van der Waals surface area (Å²) in [6.45, 7) is 8.15. The molecule has 0 radical (unpaired) electrons. The first-order valence-corrected chi connectivity index (χ1v) is 13.9. The maximum Gasteiger partial charge on any atom is 0.262 e. The second kappa shape index (κ2) is 10.4. The van der Waals surface area contributed by atoms with E-state index in [9.17, 15) is 14.4 Å². The average molecular weight is 563 g/mol. The van der Waals surface area contributed by atoms with E-state index in [4.69, 9.17) is 21.1 Å². The Hall–Kier alpha value is -3.58. The Balaban J connectivity index is 1.47. The number of hydrogen-bond donors (Lipinski definition) is 2. The third-order valence-electron chi connectivity index (χ3n) is 7.75. The number of carbonyl (C=O) groups excluding carboxylic acids is 3. The number of amides is 1. The average Bonchev–Trinajstić information content (AvgIpc) is 2.86. The van der Waals surface area contributed by atoms with Crippen LogP contribution < -0.4 is 20.1 Å². The van der Waals surface area contributed by atoms with Crippen molar-refractivity contribution in [2.24, 2.45) is 10.8 Å². The maximum absolute atomic E-state index is 13.6. The molecular weight excluding hydrogens is 528 g/mol. The van der Waals surface area contributed by atoms with Crippen LogP contribution in [-0.2, 0) is 14.4 Å². The highest BCUT2D eigenvalue weighted by Gasteiger charge is 2.46. The van der Waals surface area contributed by atoms with E-state index in [0.717, 1.165) is 29.8 Å². The van der Waals surface area contributed by atoms with Gasteiger partial charge in [-0.3, -0.25) is 14.4 Å². The largest absolute Gasteiger partial charge is 0.493 e. The summed E-state index contributed by atoms with van der Waals surface area (Å²) in [6.07, 6.45) is 2.31. The molecule has 2 N–H and O–H groups in total. The molecule has 210 valence electrons. The number of nitrogens with one attached hydrogen (secondary N) is 2. The number of dihydropyridines is 1. The molecule has 2 aromatic carbocycles. The molecule has 8 heteroatoms. The van der Waals surface area contributed by atoms with Crippen LogP contribution in [-0.4, -0.2) is 31.2 Å². The number of methoxy groups -OCH3 is 1. The lowest BCUT2D eigenvalue weighted by Gasteiger charge is -2.44. The molecule has 0 fully saturated rings. The molecule has 40 heavy (non-hydrogen) atoms. The third-order valence-corrected chi connectivity index (χ3v) is 8.08. The number of halogens is 1. The molecule has 0 unspecified atom stereocenters. The Bertz CT molecular complexity index is 1420. The zero-order chi connectivity index (χ0) is 28.8. The molecule has 0 bridgehead atoms. The monoisotopic (exact) mass is 562 g/mol. The van der Waals surface area contributed by atoms with Crippen molar-refractivity contribution in [3.63, 3.8) is 0 Å². The van der Waals surface area contributed by atoms with Gasteiger partial charge in [0.15, 0.2) is 29.7 Å². The first-order valence-electron chi connectivity index (χ1n) is 13.5. The summed E-state index contributed by atoms with van der Waals surface area (Å²) in [5.41, 5.74) is 4.10. The second-order valence-corrected chi connectivity index (χ2v) is 12.9. The smallest absolute Gasteiger partial charge is 0.262 e. The van der Waals surface area contributed by atoms with E-state index in [1.54, 1.807) is 30.3 Å². The SMILES string of the molecule is COc1cc(C2C3=C(CC(C)(C)CC3=O)NC3=C2C(=O)CC(C)(C)C3)ccc1OCC(=O)Nc1ccccc1Cl. The number of anilines is 1. The van der Waals surface area contributed by atoms with E-state index < -0.39 is 5.92 Å². The Morgan fingerprint density at radius 2 is 1.52 bits per heavy atom. The summed E-state index contributed by atoms with van der Waals surface area (Å²) in [6, 6.07) is 12.4. The highest BCUT2D eigenvalue weighted by molar-refractivity contribution is 6.33. The van der Waals surface area contributed by atoms with Crippen molar-refractivity contribution in [2.45, 2.75) is 59.3 Å². The molecule has 0 aromatic heterocycles. The predicted octanol–water partition coefficient (Wildman–Crippen LogP) is 6.34. The molecule has 5 rings (SSSR count). The maximum atomic E-state index is 13.6. The summed E-state index contributed by atoms with van der Waals surface area (Å²) >= 11 is 6.14. The summed E-state index contributed by atoms with van der Waals surface area (Å²) in [7, 11) is 1.52. The van der Waals surface area contributed by atoms with Gasteiger partial charge in [0.25, 0.3) is 5.91 Å². The number of rotatable bonds is 6. The number of hydrogen-bond acceptors (Lipinski definition) is 6. The zero-order valence-electron chi connectivity index (χ0n) is 23.6. The van der Waals surface area contributed by atoms with Crippen LogP contribution in [0.15, 0.2) is 65.0 Å². The van der Waals surface area contributed by atoms with E-state index in [1.807, 2.05) is 12.1 Å². The summed E-state index contributed by atoms with van der Waals surface area (Å²) in [5.74, 6) is 0.0630. The van der Waals surface area contributed by atoms with Crippen LogP contribution in [0, 0.1) is 10.8 Å². The first-order chi connectivity index (χ1) is 18.9. The standard InChI is InChI=1S/C32H35ClN2O5/c1-31(2)13-21-29(23(36)15-31)28(30-22(34-21)14-32(3,4)16-24(30)37)18-10-11-25(26(12-18)39-5)40-17-27(38)35-20-9-7-6-8-19(20)33/h6-12,28,34H,13-17H2,1-5H3,(H,35,38). The van der Waals surface area contributed by atoms with Crippen molar-refractivity contribution >= 4 is 34.8 Å². The fourth-order valence-corrected chi connectivity index (χ4v) is 6.28. The van der Waals surface area contributed by atoms with Crippen LogP contribution in [0.25, 0.3) is 0 Å². The predicted molar refractivity (Wildman–Crippen MR) is 155 cm³/mol. The van der Waals surface area contributed by atoms with Gasteiger partial charge >= 0.3 is 0 Å². The highest BCUT2D eigenvalue weighted by atomic mass is 35.5. The number of Topliss-reactive ketones (excluding diaryl/α,β-unsaturated/α-hetero) is 2. The van der Waals surface area contributed by atoms with E-state index in [0.29, 0.717) is 46.2 Å². The molecule has 0 saturated carbocycles. The number of ether oxygens (including phenoxy) is 2. The van der Waals surface area contributed by atoms with Crippen molar-refractivity contribution in [1.82, 2.24) is 5.32 Å². The third kappa shape index (κ3) is 5.52. The molecule has 2 aliphatic carbocycles. The lowest BCUT2D eigenvalue weighted by atomic mass is 9.64. The Morgan fingerprint density at radius 1 is 0.925 bits per heavy atom. The van der Waals surface area contributed by atoms with Crippen LogP contribution in [0.3, 0.4) is 0 Å². The van der Waals surface area contributed by atoms with Crippen molar-refractivity contribution in [1.29, 1.82) is 0 Å². The Morgan fingerprint density at radius 3 is 2.10 bits per heavy atom. The van der Waals surface area contributed by atoms with Crippen molar-refractivity contribution in [3.05, 3.63) is 75.6 Å². The summed E-state index contributed by atoms with van der Waals surface area (Å²) in [5, 5.41) is 6.70. The Kier molecular flexibility index (Phi) is 7.29. The number of para-hydroxylation sites is 1. The van der Waals surface area contributed by atoms with Gasteiger partial charge in [0.05, 0.1) is 17.8 Å². The minimum absolute atomic E-state index is 0.0588. The second-order valence-electron chi connectivity index (χ2n) is 12.5. The van der Waals surface area contributed by atoms with E-state index in [1.165, 1.54) is 7.11 Å². The summed E-state index contributed by atoms with van der Waals surface area (Å²) < 4.78 is 11.4.